The highest BCUT2D eigenvalue weighted by Gasteiger charge is 1.72. The van der Waals surface area contributed by atoms with E-state index >= 15 is 0 Å². The van der Waals surface area contributed by atoms with Crippen LogP contribution in [0.1, 0.15) is 5.56 Å². The van der Waals surface area contributed by atoms with E-state index in [0.717, 1.165) is 0 Å². The molecule has 3 N–H and O–H groups in total. The van der Waals surface area contributed by atoms with Gasteiger partial charge in [0.1, 0.15) is 0 Å². The number of rotatable bonds is 0. The molecular formula is C7H15NSi. The average Bonchev–Trinajstić information content (AvgIpc) is 1.69. The standard InChI is InChI=1S/C7H8.H3N.H4Si/c1-7-5-3-2-4-6-7;;/h2-6H,1H3;1H3;1H4. The Morgan fingerprint density at radius 1 is 1.00 bits per heavy atom. The van der Waals surface area contributed by atoms with Gasteiger partial charge in [-0.3, -0.25) is 0 Å². The molecule has 52 valence electrons. The van der Waals surface area contributed by atoms with Gasteiger partial charge in [0, 0.05) is 0 Å². The molecule has 0 heterocycles. The molecule has 0 amide bonds. The molecule has 0 saturated heterocycles. The molecule has 0 aliphatic carbocycles. The molecule has 1 aromatic rings. The van der Waals surface area contributed by atoms with Crippen molar-refractivity contribution in [3.05, 3.63) is 35.9 Å². The lowest BCUT2D eigenvalue weighted by molar-refractivity contribution is 1.48. The summed E-state index contributed by atoms with van der Waals surface area (Å²) in [5.74, 6) is 0. The van der Waals surface area contributed by atoms with E-state index in [9.17, 15) is 0 Å². The maximum absolute atomic E-state index is 2.08. The molecule has 0 fully saturated rings. The molecule has 1 nitrogen and oxygen atoms in total. The van der Waals surface area contributed by atoms with Crippen molar-refractivity contribution in [3.63, 3.8) is 0 Å². The van der Waals surface area contributed by atoms with Crippen LogP contribution in [-0.2, 0) is 0 Å². The van der Waals surface area contributed by atoms with Gasteiger partial charge in [-0.2, -0.15) is 0 Å². The van der Waals surface area contributed by atoms with Crippen LogP contribution < -0.4 is 6.15 Å². The Morgan fingerprint density at radius 3 is 1.67 bits per heavy atom. The highest BCUT2D eigenvalue weighted by atomic mass is 28.1. The first kappa shape index (κ1) is 11.2. The second-order valence-corrected chi connectivity index (χ2v) is 1.65. The Labute approximate surface area is 60.7 Å². The first-order valence-corrected chi connectivity index (χ1v) is 2.41. The predicted molar refractivity (Wildman–Crippen MR) is 47.5 cm³/mol. The Morgan fingerprint density at radius 2 is 1.44 bits per heavy atom. The summed E-state index contributed by atoms with van der Waals surface area (Å²) in [6.45, 7) is 2.08. The molecular weight excluding hydrogens is 126 g/mol. The van der Waals surface area contributed by atoms with Crippen molar-refractivity contribution < 1.29 is 0 Å². The Bertz CT molecular complexity index is 139. The minimum absolute atomic E-state index is 0. The van der Waals surface area contributed by atoms with Crippen LogP contribution in [0.2, 0.25) is 0 Å². The summed E-state index contributed by atoms with van der Waals surface area (Å²) >= 11 is 0. The van der Waals surface area contributed by atoms with E-state index in [1.54, 1.807) is 0 Å². The summed E-state index contributed by atoms with van der Waals surface area (Å²) in [4.78, 5) is 0. The first-order valence-electron chi connectivity index (χ1n) is 2.41. The molecule has 0 saturated carbocycles. The molecule has 0 aliphatic rings. The van der Waals surface area contributed by atoms with E-state index in [4.69, 9.17) is 0 Å². The largest absolute Gasteiger partial charge is 0.344 e. The fraction of sp³-hybridized carbons (Fsp3) is 0.143. The summed E-state index contributed by atoms with van der Waals surface area (Å²) < 4.78 is 0. The van der Waals surface area contributed by atoms with E-state index in [1.807, 2.05) is 18.2 Å². The van der Waals surface area contributed by atoms with Crippen molar-refractivity contribution in [3.8, 4) is 0 Å². The zero-order valence-electron chi connectivity index (χ0n) is 5.09. The van der Waals surface area contributed by atoms with Gasteiger partial charge < -0.3 is 6.15 Å². The van der Waals surface area contributed by atoms with Gasteiger partial charge in [0.25, 0.3) is 0 Å². The monoisotopic (exact) mass is 141 g/mol. The third-order valence-electron chi connectivity index (χ3n) is 0.940. The van der Waals surface area contributed by atoms with E-state index in [2.05, 4.69) is 19.1 Å². The third-order valence-corrected chi connectivity index (χ3v) is 0.940. The van der Waals surface area contributed by atoms with Crippen LogP contribution >= 0.6 is 0 Å². The minimum atomic E-state index is 0. The third kappa shape index (κ3) is 3.94. The molecule has 0 atom stereocenters. The van der Waals surface area contributed by atoms with Crippen molar-refractivity contribution >= 4 is 11.0 Å². The zero-order valence-corrected chi connectivity index (χ0v) is 5.09. The molecule has 1 aromatic carbocycles. The molecule has 0 aromatic heterocycles. The van der Waals surface area contributed by atoms with Crippen molar-refractivity contribution in [2.24, 2.45) is 0 Å². The second-order valence-electron chi connectivity index (χ2n) is 1.65. The van der Waals surface area contributed by atoms with Crippen molar-refractivity contribution in [2.45, 2.75) is 6.92 Å². The van der Waals surface area contributed by atoms with Crippen LogP contribution in [0.3, 0.4) is 0 Å². The lowest BCUT2D eigenvalue weighted by Gasteiger charge is -1.82. The van der Waals surface area contributed by atoms with Gasteiger partial charge in [-0.25, -0.2) is 0 Å². The second kappa shape index (κ2) is 5.53. The van der Waals surface area contributed by atoms with E-state index in [-0.39, 0.29) is 17.1 Å². The first-order chi connectivity index (χ1) is 3.39. The maximum atomic E-state index is 2.08. The van der Waals surface area contributed by atoms with Gasteiger partial charge in [-0.15, -0.1) is 0 Å². The summed E-state index contributed by atoms with van der Waals surface area (Å²) in [5, 5.41) is 0. The number of benzene rings is 1. The molecule has 1 rings (SSSR count). The van der Waals surface area contributed by atoms with Crippen LogP contribution in [0.4, 0.5) is 0 Å². The number of hydrogen-bond acceptors (Lipinski definition) is 1. The van der Waals surface area contributed by atoms with Crippen LogP contribution in [0.5, 0.6) is 0 Å². The van der Waals surface area contributed by atoms with Gasteiger partial charge in [0.05, 0.1) is 0 Å². The smallest absolute Gasteiger partial charge is 0.0149 e. The lowest BCUT2D eigenvalue weighted by atomic mass is 10.2. The zero-order chi connectivity index (χ0) is 5.11. The summed E-state index contributed by atoms with van der Waals surface area (Å²) in [5.41, 5.74) is 1.32. The quantitative estimate of drug-likeness (QED) is 0.530. The summed E-state index contributed by atoms with van der Waals surface area (Å²) in [6.07, 6.45) is 0. The van der Waals surface area contributed by atoms with Gasteiger partial charge in [-0.05, 0) is 17.9 Å². The molecule has 0 aliphatic heterocycles. The van der Waals surface area contributed by atoms with Crippen molar-refractivity contribution in [2.75, 3.05) is 0 Å². The normalized spacial score (nSPS) is 6.78. The van der Waals surface area contributed by atoms with E-state index in [0.29, 0.717) is 0 Å². The minimum Gasteiger partial charge on any atom is -0.344 e. The fourth-order valence-corrected chi connectivity index (χ4v) is 0.534. The highest BCUT2D eigenvalue weighted by molar-refractivity contribution is 5.75. The average molecular weight is 141 g/mol. The van der Waals surface area contributed by atoms with Crippen LogP contribution in [0.25, 0.3) is 0 Å². The van der Waals surface area contributed by atoms with Gasteiger partial charge >= 0.3 is 0 Å². The van der Waals surface area contributed by atoms with Gasteiger partial charge in [0.15, 0.2) is 0 Å². The molecule has 9 heavy (non-hydrogen) atoms. The Balaban J connectivity index is 0. The predicted octanol–water partition coefficient (Wildman–Crippen LogP) is 0.705. The van der Waals surface area contributed by atoms with Gasteiger partial charge in [0.2, 0.25) is 0 Å². The van der Waals surface area contributed by atoms with Crippen molar-refractivity contribution in [1.29, 1.82) is 0 Å². The van der Waals surface area contributed by atoms with Crippen LogP contribution in [0.15, 0.2) is 30.3 Å². The molecule has 2 heteroatoms. The van der Waals surface area contributed by atoms with E-state index < -0.39 is 0 Å². The summed E-state index contributed by atoms with van der Waals surface area (Å²) in [7, 11) is 0. The van der Waals surface area contributed by atoms with E-state index in [1.165, 1.54) is 5.56 Å². The van der Waals surface area contributed by atoms with Crippen LogP contribution in [0, 0.1) is 6.92 Å². The summed E-state index contributed by atoms with van der Waals surface area (Å²) in [6, 6.07) is 10.3. The molecule has 0 bridgehead atoms. The Hall–Kier alpha value is -0.603. The topological polar surface area (TPSA) is 35.0 Å². The molecule has 0 unspecified atom stereocenters. The Kier molecular flexibility index (Phi) is 6.90. The lowest BCUT2D eigenvalue weighted by Crippen LogP contribution is -1.62. The molecule has 0 spiro atoms. The van der Waals surface area contributed by atoms with Gasteiger partial charge in [-0.1, -0.05) is 35.9 Å². The fourth-order valence-electron chi connectivity index (χ4n) is 0.534. The van der Waals surface area contributed by atoms with Crippen molar-refractivity contribution in [1.82, 2.24) is 6.15 Å². The maximum Gasteiger partial charge on any atom is -0.0149 e. The highest BCUT2D eigenvalue weighted by Crippen LogP contribution is 1.92. The van der Waals surface area contributed by atoms with Crippen LogP contribution in [-0.4, -0.2) is 11.0 Å². The number of aryl methyl sites for hydroxylation is 1. The SMILES string of the molecule is Cc1ccccc1.N.[SiH4]. The molecule has 0 radical (unpaired) electrons. The number of hydrogen-bond donors (Lipinski definition) is 1.